The Morgan fingerprint density at radius 1 is 1.24 bits per heavy atom. The zero-order valence-electron chi connectivity index (χ0n) is 20.1. The molecule has 0 aliphatic carbocycles. The first-order valence-corrected chi connectivity index (χ1v) is 12.5. The second-order valence-corrected chi connectivity index (χ2v) is 10.6. The van der Waals surface area contributed by atoms with Crippen LogP contribution in [0.1, 0.15) is 16.7 Å². The molecule has 37 heavy (non-hydrogen) atoms. The molecular formula is C25H23F2N7O2S. The fraction of sp³-hybridized carbons (Fsp3) is 0.360. The molecule has 190 valence electrons. The number of nitrogens with zero attached hydrogens (tertiary/aromatic N) is 6. The molecule has 0 amide bonds. The molecule has 0 radical (unpaired) electrons. The number of thiophene rings is 1. The van der Waals surface area contributed by atoms with E-state index in [0.717, 1.165) is 23.1 Å². The fourth-order valence-electron chi connectivity index (χ4n) is 5.47. The van der Waals surface area contributed by atoms with Crippen LogP contribution in [-0.4, -0.2) is 64.8 Å². The number of aliphatic hydroxyl groups is 1. The highest BCUT2D eigenvalue weighted by atomic mass is 32.1. The molecule has 0 unspecified atom stereocenters. The minimum atomic E-state index is -0.640. The van der Waals surface area contributed by atoms with E-state index in [1.807, 2.05) is 25.1 Å². The highest BCUT2D eigenvalue weighted by Crippen LogP contribution is 2.45. The molecule has 3 N–H and O–H groups in total. The van der Waals surface area contributed by atoms with Crippen LogP contribution in [0, 0.1) is 28.9 Å². The third kappa shape index (κ3) is 3.53. The Labute approximate surface area is 214 Å². The summed E-state index contributed by atoms with van der Waals surface area (Å²) in [5.74, 6) is -0.903. The van der Waals surface area contributed by atoms with E-state index in [0.29, 0.717) is 30.0 Å². The van der Waals surface area contributed by atoms with Gasteiger partial charge in [-0.25, -0.2) is 18.7 Å². The lowest BCUT2D eigenvalue weighted by atomic mass is 9.94. The summed E-state index contributed by atoms with van der Waals surface area (Å²) < 4.78 is 36.9. The molecule has 2 atom stereocenters. The number of benzene rings is 1. The number of ether oxygens (including phenoxy) is 1. The number of anilines is 2. The molecule has 3 aromatic heterocycles. The number of nitrogen functional groups attached to an aromatic ring is 1. The van der Waals surface area contributed by atoms with Crippen LogP contribution >= 0.6 is 11.3 Å². The quantitative estimate of drug-likeness (QED) is 0.415. The number of aliphatic hydroxyl groups excluding tert-OH is 1. The number of hydrogen-bond donors (Lipinski definition) is 2. The van der Waals surface area contributed by atoms with E-state index in [-0.39, 0.29) is 69.2 Å². The number of nitriles is 1. The number of rotatable bonds is 4. The van der Waals surface area contributed by atoms with Gasteiger partial charge in [-0.05, 0) is 25.2 Å². The molecule has 5 heterocycles. The third-order valence-corrected chi connectivity index (χ3v) is 8.35. The molecule has 2 aliphatic heterocycles. The van der Waals surface area contributed by atoms with Gasteiger partial charge in [0.05, 0.1) is 35.4 Å². The minimum Gasteiger partial charge on any atom is -0.396 e. The Kier molecular flexibility index (Phi) is 5.68. The van der Waals surface area contributed by atoms with Gasteiger partial charge >= 0.3 is 0 Å². The van der Waals surface area contributed by atoms with Crippen LogP contribution in [-0.2, 0) is 18.0 Å². The van der Waals surface area contributed by atoms with Crippen LogP contribution in [0.4, 0.5) is 19.7 Å². The normalized spacial score (nSPS) is 19.3. The van der Waals surface area contributed by atoms with Crippen LogP contribution < -0.4 is 10.6 Å². The summed E-state index contributed by atoms with van der Waals surface area (Å²) in [4.78, 5) is 17.4. The summed E-state index contributed by atoms with van der Waals surface area (Å²) in [6, 6.07) is 2.12. The smallest absolute Gasteiger partial charge is 0.226 e. The number of halogens is 2. The van der Waals surface area contributed by atoms with E-state index < -0.39 is 11.6 Å². The van der Waals surface area contributed by atoms with Gasteiger partial charge in [-0.3, -0.25) is 4.98 Å². The van der Waals surface area contributed by atoms with Crippen LogP contribution in [0.5, 0.6) is 0 Å². The second-order valence-electron chi connectivity index (χ2n) is 9.56. The van der Waals surface area contributed by atoms with Gasteiger partial charge in [-0.15, -0.1) is 11.3 Å². The predicted octanol–water partition coefficient (Wildman–Crippen LogP) is 3.03. The van der Waals surface area contributed by atoms with E-state index in [2.05, 4.69) is 19.9 Å². The Balaban J connectivity index is 1.58. The lowest BCUT2D eigenvalue weighted by Gasteiger charge is -2.23. The average Bonchev–Trinajstić information content (AvgIpc) is 3.62. The maximum absolute atomic E-state index is 16.4. The molecule has 0 spiro atoms. The Morgan fingerprint density at radius 2 is 2.03 bits per heavy atom. The summed E-state index contributed by atoms with van der Waals surface area (Å²) >= 11 is 0.935. The molecule has 9 nitrogen and oxygen atoms in total. The monoisotopic (exact) mass is 523 g/mol. The lowest BCUT2D eigenvalue weighted by Crippen LogP contribution is -2.36. The van der Waals surface area contributed by atoms with E-state index in [4.69, 9.17) is 10.5 Å². The van der Waals surface area contributed by atoms with Crippen LogP contribution in [0.2, 0.25) is 0 Å². The molecule has 6 rings (SSSR count). The maximum Gasteiger partial charge on any atom is 0.226 e. The summed E-state index contributed by atoms with van der Waals surface area (Å²) in [5.41, 5.74) is 7.74. The van der Waals surface area contributed by atoms with E-state index in [1.165, 1.54) is 0 Å². The van der Waals surface area contributed by atoms with Crippen molar-refractivity contribution in [2.45, 2.75) is 19.3 Å². The van der Waals surface area contributed by atoms with Gasteiger partial charge in [0, 0.05) is 54.2 Å². The number of nitrogens with two attached hydrogens (primary N) is 1. The van der Waals surface area contributed by atoms with Gasteiger partial charge in [0.15, 0.2) is 11.6 Å². The van der Waals surface area contributed by atoms with Gasteiger partial charge in [-0.2, -0.15) is 5.26 Å². The Bertz CT molecular complexity index is 1620. The standard InChI is InChI=1S/C25H23F2N7O2S/c1-33(2)17-7-34(6-11(17)8-35)25-31-4-13-14-9-36-10-15(14)18(20(27)21(13)32-25)22-19-12(3-28)24(29)37-23(19)16(26)5-30-22/h4-5,11,17,35H,6-10,29H2,1-2H3/t11-,17+/m1/s1. The zero-order chi connectivity index (χ0) is 26.0. The van der Waals surface area contributed by atoms with Gasteiger partial charge in [0.25, 0.3) is 0 Å². The molecule has 0 bridgehead atoms. The van der Waals surface area contributed by atoms with Gasteiger partial charge in [0.1, 0.15) is 16.6 Å². The summed E-state index contributed by atoms with van der Waals surface area (Å²) in [7, 11) is 3.91. The van der Waals surface area contributed by atoms with Gasteiger partial charge < -0.3 is 25.4 Å². The van der Waals surface area contributed by atoms with E-state index in [1.54, 1.807) is 6.20 Å². The summed E-state index contributed by atoms with van der Waals surface area (Å²) in [5, 5.41) is 20.4. The van der Waals surface area contributed by atoms with Crippen LogP contribution in [0.15, 0.2) is 12.4 Å². The topological polar surface area (TPSA) is 124 Å². The molecule has 1 aromatic carbocycles. The lowest BCUT2D eigenvalue weighted by molar-refractivity contribution is 0.135. The molecule has 1 saturated heterocycles. The van der Waals surface area contributed by atoms with Crippen molar-refractivity contribution in [1.82, 2.24) is 19.9 Å². The third-order valence-electron chi connectivity index (χ3n) is 7.32. The first-order valence-electron chi connectivity index (χ1n) is 11.7. The molecule has 2 aliphatic rings. The summed E-state index contributed by atoms with van der Waals surface area (Å²) in [6.07, 6.45) is 2.62. The number of hydrogen-bond acceptors (Lipinski definition) is 10. The number of aromatic nitrogens is 3. The van der Waals surface area contributed by atoms with Gasteiger partial charge in [-0.1, -0.05) is 0 Å². The van der Waals surface area contributed by atoms with Crippen molar-refractivity contribution in [2.75, 3.05) is 44.4 Å². The number of pyridine rings is 1. The highest BCUT2D eigenvalue weighted by molar-refractivity contribution is 7.23. The summed E-state index contributed by atoms with van der Waals surface area (Å²) in [6.45, 7) is 1.52. The van der Waals surface area contributed by atoms with Crippen molar-refractivity contribution in [1.29, 1.82) is 5.26 Å². The van der Waals surface area contributed by atoms with Crippen molar-refractivity contribution < 1.29 is 18.6 Å². The zero-order valence-corrected chi connectivity index (χ0v) is 20.9. The van der Waals surface area contributed by atoms with Crippen molar-refractivity contribution in [3.63, 3.8) is 0 Å². The molecule has 4 aromatic rings. The molecule has 12 heteroatoms. The molecule has 1 fully saturated rings. The number of likely N-dealkylation sites (N-methyl/N-ethyl adjacent to an activating group) is 1. The van der Waals surface area contributed by atoms with Crippen molar-refractivity contribution in [2.24, 2.45) is 5.92 Å². The Hall–Kier alpha value is -3.50. The second kappa shape index (κ2) is 8.81. The van der Waals surface area contributed by atoms with Gasteiger partial charge in [0.2, 0.25) is 5.95 Å². The SMILES string of the molecule is CN(C)[C@H]1CN(c2ncc3c4c(c(-c5ncc(F)c6sc(N)c(C#N)c56)c(F)c3n2)COC4)C[C@@H]1CO. The largest absolute Gasteiger partial charge is 0.396 e. The fourth-order valence-corrected chi connectivity index (χ4v) is 6.39. The first kappa shape index (κ1) is 23.9. The first-order chi connectivity index (χ1) is 17.8. The van der Waals surface area contributed by atoms with E-state index in [9.17, 15) is 14.8 Å². The number of fused-ring (bicyclic) bond motifs is 4. The average molecular weight is 524 g/mol. The van der Waals surface area contributed by atoms with Crippen LogP contribution in [0.25, 0.3) is 32.2 Å². The maximum atomic E-state index is 16.4. The van der Waals surface area contributed by atoms with Crippen molar-refractivity contribution >= 4 is 43.3 Å². The predicted molar refractivity (Wildman–Crippen MR) is 136 cm³/mol. The minimum absolute atomic E-state index is 0.00766. The van der Waals surface area contributed by atoms with Crippen molar-refractivity contribution in [3.05, 3.63) is 40.7 Å². The molecular weight excluding hydrogens is 500 g/mol. The molecule has 0 saturated carbocycles. The highest BCUT2D eigenvalue weighted by Gasteiger charge is 2.36. The Morgan fingerprint density at radius 3 is 2.73 bits per heavy atom. The van der Waals surface area contributed by atoms with Crippen molar-refractivity contribution in [3.8, 4) is 17.3 Å². The van der Waals surface area contributed by atoms with Crippen LogP contribution in [0.3, 0.4) is 0 Å². The van der Waals surface area contributed by atoms with E-state index >= 15 is 4.39 Å².